The topological polar surface area (TPSA) is 107 Å². The second-order valence-corrected chi connectivity index (χ2v) is 10.6. The third-order valence-corrected chi connectivity index (χ3v) is 8.62. The minimum Gasteiger partial charge on any atom is -0.388 e. The molecule has 0 aromatic heterocycles. The molecule has 7 nitrogen and oxygen atoms in total. The van der Waals surface area contributed by atoms with E-state index in [-0.39, 0.29) is 36.7 Å². The van der Waals surface area contributed by atoms with Crippen molar-refractivity contribution in [2.45, 2.75) is 76.4 Å². The number of amides is 2. The van der Waals surface area contributed by atoms with Gasteiger partial charge in [0.15, 0.2) is 0 Å². The highest BCUT2D eigenvalue weighted by atomic mass is 16.3. The zero-order valence-electron chi connectivity index (χ0n) is 18.8. The number of rotatable bonds is 4. The number of nitrogens with zero attached hydrogens (tertiary/aromatic N) is 2. The summed E-state index contributed by atoms with van der Waals surface area (Å²) in [5.41, 5.74) is 5.92. The Morgan fingerprint density at radius 1 is 0.742 bits per heavy atom. The molecule has 2 aliphatic carbocycles. The molecule has 6 atom stereocenters. The third kappa shape index (κ3) is 5.25. The minimum atomic E-state index is -0.851. The third-order valence-electron chi connectivity index (χ3n) is 8.62. The van der Waals surface area contributed by atoms with Gasteiger partial charge in [-0.2, -0.15) is 0 Å². The molecule has 0 aromatic rings. The Hall–Kier alpha value is -1.18. The zero-order valence-corrected chi connectivity index (χ0v) is 18.8. The molecule has 0 radical (unpaired) electrons. The van der Waals surface area contributed by atoms with E-state index >= 15 is 0 Å². The number of piperidine rings is 1. The van der Waals surface area contributed by atoms with E-state index in [0.29, 0.717) is 12.3 Å². The molecule has 2 saturated heterocycles. The van der Waals surface area contributed by atoms with Gasteiger partial charge in [0.2, 0.25) is 11.8 Å². The van der Waals surface area contributed by atoms with Gasteiger partial charge >= 0.3 is 0 Å². The van der Waals surface area contributed by atoms with E-state index in [0.717, 1.165) is 63.6 Å². The highest BCUT2D eigenvalue weighted by molar-refractivity contribution is 5.83. The maximum atomic E-state index is 13.2. The van der Waals surface area contributed by atoms with Crippen LogP contribution >= 0.6 is 0 Å². The first-order valence-electron chi connectivity index (χ1n) is 12.6. The van der Waals surface area contributed by atoms with Crippen LogP contribution in [0, 0.1) is 29.6 Å². The minimum absolute atomic E-state index is 0.00133. The van der Waals surface area contributed by atoms with Gasteiger partial charge in [0.1, 0.15) is 0 Å². The predicted octanol–water partition coefficient (Wildman–Crippen LogP) is 1.36. The summed E-state index contributed by atoms with van der Waals surface area (Å²) < 4.78 is 0. The van der Waals surface area contributed by atoms with Crippen molar-refractivity contribution in [3.05, 3.63) is 0 Å². The number of carbonyl (C=O) groups excluding carboxylic acids is 2. The average Bonchev–Trinajstić information content (AvgIpc) is 3.16. The second-order valence-electron chi connectivity index (χ2n) is 10.6. The lowest BCUT2D eigenvalue weighted by molar-refractivity contribution is -0.142. The van der Waals surface area contributed by atoms with Gasteiger partial charge in [-0.3, -0.25) is 9.59 Å². The molecule has 4 N–H and O–H groups in total. The lowest BCUT2D eigenvalue weighted by atomic mass is 9.72. The number of β-amino-alcohol motifs (C(OH)–C–C–N with tert-alkyl or cyclic N) is 2. The highest BCUT2D eigenvalue weighted by Gasteiger charge is 2.40. The van der Waals surface area contributed by atoms with Gasteiger partial charge < -0.3 is 25.7 Å². The molecule has 0 bridgehead atoms. The number of aliphatic hydroxyl groups excluding tert-OH is 2. The van der Waals surface area contributed by atoms with Crippen LogP contribution in [0.4, 0.5) is 0 Å². The molecule has 0 spiro atoms. The summed E-state index contributed by atoms with van der Waals surface area (Å²) >= 11 is 0. The van der Waals surface area contributed by atoms with Gasteiger partial charge in [0.05, 0.1) is 12.2 Å². The van der Waals surface area contributed by atoms with Crippen molar-refractivity contribution in [3.63, 3.8) is 0 Å². The van der Waals surface area contributed by atoms with Crippen LogP contribution in [0.1, 0.15) is 64.2 Å². The molecule has 7 heteroatoms. The van der Waals surface area contributed by atoms with Crippen molar-refractivity contribution < 1.29 is 19.8 Å². The Morgan fingerprint density at radius 2 is 1.32 bits per heavy atom. The van der Waals surface area contributed by atoms with Crippen molar-refractivity contribution in [1.82, 2.24) is 9.80 Å². The van der Waals surface area contributed by atoms with Crippen LogP contribution in [0.5, 0.6) is 0 Å². The number of hydrogen-bond acceptors (Lipinski definition) is 5. The van der Waals surface area contributed by atoms with Crippen LogP contribution in [-0.2, 0) is 9.59 Å². The summed E-state index contributed by atoms with van der Waals surface area (Å²) in [7, 11) is 0. The van der Waals surface area contributed by atoms with E-state index in [1.165, 1.54) is 25.7 Å². The quantitative estimate of drug-likeness (QED) is 0.618. The maximum absolute atomic E-state index is 13.2. The predicted molar refractivity (Wildman–Crippen MR) is 118 cm³/mol. The maximum Gasteiger partial charge on any atom is 0.225 e. The first-order valence-corrected chi connectivity index (χ1v) is 12.6. The van der Waals surface area contributed by atoms with Gasteiger partial charge in [-0.15, -0.1) is 0 Å². The Kier molecular flexibility index (Phi) is 7.55. The fraction of sp³-hybridized carbons (Fsp3) is 0.917. The second kappa shape index (κ2) is 10.2. The van der Waals surface area contributed by atoms with Crippen LogP contribution in [0.15, 0.2) is 0 Å². The Bertz CT molecular complexity index is 626. The lowest BCUT2D eigenvalue weighted by Gasteiger charge is -2.41. The molecule has 31 heavy (non-hydrogen) atoms. The van der Waals surface area contributed by atoms with Crippen LogP contribution < -0.4 is 5.73 Å². The van der Waals surface area contributed by atoms with E-state index in [1.54, 1.807) is 4.90 Å². The summed E-state index contributed by atoms with van der Waals surface area (Å²) in [6.45, 7) is 2.92. The molecule has 4 rings (SSSR count). The summed E-state index contributed by atoms with van der Waals surface area (Å²) in [5, 5.41) is 19.5. The number of nitrogens with two attached hydrogens (primary N) is 1. The van der Waals surface area contributed by atoms with Crippen molar-refractivity contribution in [2.24, 2.45) is 35.3 Å². The molecular formula is C24H41N3O4. The van der Waals surface area contributed by atoms with E-state index in [1.807, 2.05) is 0 Å². The Balaban J connectivity index is 1.26. The molecule has 2 amide bonds. The van der Waals surface area contributed by atoms with Gasteiger partial charge in [0, 0.05) is 38.0 Å². The van der Waals surface area contributed by atoms with Crippen molar-refractivity contribution in [2.75, 3.05) is 32.7 Å². The molecule has 0 aromatic carbocycles. The van der Waals surface area contributed by atoms with Crippen LogP contribution in [0.2, 0.25) is 0 Å². The van der Waals surface area contributed by atoms with Gasteiger partial charge in [-0.05, 0) is 69.2 Å². The van der Waals surface area contributed by atoms with Crippen LogP contribution in [-0.4, -0.2) is 76.8 Å². The largest absolute Gasteiger partial charge is 0.388 e. The number of carbonyl (C=O) groups is 2. The van der Waals surface area contributed by atoms with Crippen molar-refractivity contribution >= 4 is 11.8 Å². The van der Waals surface area contributed by atoms with E-state index in [9.17, 15) is 19.8 Å². The van der Waals surface area contributed by atoms with Crippen molar-refractivity contribution in [3.8, 4) is 0 Å². The SMILES string of the molecule is NCC1CCCC(C2CCN(C(=O)C3CCCC(C(=O)N4C[C@@H](O)[C@H](O)C4)C3)CC2)C1. The molecule has 2 aliphatic heterocycles. The molecule has 4 unspecified atom stereocenters. The standard InChI is InChI=1S/C24H41N3O4/c25-13-16-3-1-4-18(11-16)17-7-9-26(10-8-17)23(30)19-5-2-6-20(12-19)24(31)27-14-21(28)22(29)15-27/h16-22,28-29H,1-15,25H2/t16?,18?,19?,20?,21-,22-/m1/s1. The number of likely N-dealkylation sites (tertiary alicyclic amines) is 2. The summed E-state index contributed by atoms with van der Waals surface area (Å²) in [6.07, 6.45) is 8.85. The van der Waals surface area contributed by atoms with Crippen molar-refractivity contribution in [1.29, 1.82) is 0 Å². The Labute approximate surface area is 186 Å². The molecule has 2 heterocycles. The molecule has 4 aliphatic rings. The first kappa shape index (κ1) is 23.0. The summed E-state index contributed by atoms with van der Waals surface area (Å²) in [5.74, 6) is 2.21. The zero-order chi connectivity index (χ0) is 22.0. The molecule has 4 fully saturated rings. The van der Waals surface area contributed by atoms with Crippen LogP contribution in [0.3, 0.4) is 0 Å². The van der Waals surface area contributed by atoms with Gasteiger partial charge in [0.25, 0.3) is 0 Å². The molecule has 176 valence electrons. The average molecular weight is 436 g/mol. The van der Waals surface area contributed by atoms with Gasteiger partial charge in [-0.1, -0.05) is 19.3 Å². The fourth-order valence-corrected chi connectivity index (χ4v) is 6.67. The smallest absolute Gasteiger partial charge is 0.225 e. The monoisotopic (exact) mass is 435 g/mol. The number of aliphatic hydroxyl groups is 2. The fourth-order valence-electron chi connectivity index (χ4n) is 6.67. The molecular weight excluding hydrogens is 394 g/mol. The van der Waals surface area contributed by atoms with E-state index in [2.05, 4.69) is 4.90 Å². The first-order chi connectivity index (χ1) is 15.0. The van der Waals surface area contributed by atoms with E-state index in [4.69, 9.17) is 5.73 Å². The normalized spacial score (nSPS) is 37.8. The molecule has 2 saturated carbocycles. The summed E-state index contributed by atoms with van der Waals surface area (Å²) in [4.78, 5) is 29.7. The number of hydrogen-bond donors (Lipinski definition) is 3. The van der Waals surface area contributed by atoms with Crippen LogP contribution in [0.25, 0.3) is 0 Å². The highest BCUT2D eigenvalue weighted by Crippen LogP contribution is 2.39. The van der Waals surface area contributed by atoms with Gasteiger partial charge in [-0.25, -0.2) is 0 Å². The summed E-state index contributed by atoms with van der Waals surface area (Å²) in [6, 6.07) is 0. The Morgan fingerprint density at radius 3 is 1.94 bits per heavy atom. The van der Waals surface area contributed by atoms with E-state index < -0.39 is 12.2 Å². The lowest BCUT2D eigenvalue weighted by Crippen LogP contribution is -2.45.